The Morgan fingerprint density at radius 1 is 0.974 bits per heavy atom. The van der Waals surface area contributed by atoms with Gasteiger partial charge in [-0.25, -0.2) is 19.3 Å². The summed E-state index contributed by atoms with van der Waals surface area (Å²) in [6.45, 7) is 3.60. The standard InChI is InChI=1S/C29H28FN9/c1-38-17-21(14-34-38)19-4-5-24(23(30)12-19)35-26-13-20(6-7-33-26)28-36-25-16-32-15-22(18-2-3-18)27(25)29(37-28)39-10-8-31-9-11-39/h4-7,12-18,31H,2-3,8-11H2,1H3,(H,33,35). The van der Waals surface area contributed by atoms with Crippen LogP contribution in [0.25, 0.3) is 33.4 Å². The molecule has 5 heterocycles. The van der Waals surface area contributed by atoms with Gasteiger partial charge in [0.2, 0.25) is 0 Å². The number of aromatic nitrogens is 6. The van der Waals surface area contributed by atoms with Gasteiger partial charge in [-0.2, -0.15) is 5.10 Å². The topological polar surface area (TPSA) is 96.7 Å². The van der Waals surface area contributed by atoms with Crippen LogP contribution in [-0.2, 0) is 7.05 Å². The van der Waals surface area contributed by atoms with Gasteiger partial charge in [0, 0.05) is 68.3 Å². The van der Waals surface area contributed by atoms with Crippen LogP contribution in [0, 0.1) is 5.82 Å². The summed E-state index contributed by atoms with van der Waals surface area (Å²) < 4.78 is 16.7. The molecule has 4 aromatic heterocycles. The molecule has 1 aromatic carbocycles. The molecule has 1 aliphatic carbocycles. The molecule has 39 heavy (non-hydrogen) atoms. The first-order valence-electron chi connectivity index (χ1n) is 13.3. The summed E-state index contributed by atoms with van der Waals surface area (Å²) in [6, 6.07) is 8.82. The molecule has 1 aliphatic heterocycles. The van der Waals surface area contributed by atoms with Crippen LogP contribution in [-0.4, -0.2) is 55.9 Å². The summed E-state index contributed by atoms with van der Waals surface area (Å²) in [7, 11) is 1.84. The van der Waals surface area contributed by atoms with Crippen LogP contribution in [0.3, 0.4) is 0 Å². The predicted molar refractivity (Wildman–Crippen MR) is 150 cm³/mol. The number of nitrogens with zero attached hydrogens (tertiary/aromatic N) is 7. The van der Waals surface area contributed by atoms with Crippen molar-refractivity contribution < 1.29 is 4.39 Å². The Labute approximate surface area is 225 Å². The molecule has 9 nitrogen and oxygen atoms in total. The van der Waals surface area contributed by atoms with Crippen molar-refractivity contribution in [3.63, 3.8) is 0 Å². The van der Waals surface area contributed by atoms with Gasteiger partial charge < -0.3 is 15.5 Å². The van der Waals surface area contributed by atoms with Gasteiger partial charge in [0.25, 0.3) is 0 Å². The highest BCUT2D eigenvalue weighted by molar-refractivity contribution is 5.94. The van der Waals surface area contributed by atoms with Gasteiger partial charge in [-0.1, -0.05) is 6.07 Å². The fourth-order valence-corrected chi connectivity index (χ4v) is 5.17. The molecule has 1 saturated carbocycles. The maximum absolute atomic E-state index is 15.0. The molecule has 7 rings (SSSR count). The fourth-order valence-electron chi connectivity index (χ4n) is 5.17. The zero-order valence-electron chi connectivity index (χ0n) is 21.6. The number of fused-ring (bicyclic) bond motifs is 1. The Morgan fingerprint density at radius 2 is 1.85 bits per heavy atom. The lowest BCUT2D eigenvalue weighted by atomic mass is 10.1. The van der Waals surface area contributed by atoms with E-state index in [-0.39, 0.29) is 5.82 Å². The third-order valence-electron chi connectivity index (χ3n) is 7.34. The van der Waals surface area contributed by atoms with E-state index in [0.717, 1.165) is 59.6 Å². The van der Waals surface area contributed by atoms with E-state index in [1.807, 2.05) is 43.8 Å². The average molecular weight is 522 g/mol. The van der Waals surface area contributed by atoms with Gasteiger partial charge in [0.15, 0.2) is 5.82 Å². The van der Waals surface area contributed by atoms with Crippen molar-refractivity contribution in [2.75, 3.05) is 36.4 Å². The second kappa shape index (κ2) is 9.70. The fraction of sp³-hybridized carbons (Fsp3) is 0.276. The summed E-state index contributed by atoms with van der Waals surface area (Å²) in [5.74, 6) is 2.24. The van der Waals surface area contributed by atoms with Crippen molar-refractivity contribution in [2.45, 2.75) is 18.8 Å². The van der Waals surface area contributed by atoms with Gasteiger partial charge in [0.05, 0.1) is 23.6 Å². The Balaban J connectivity index is 1.24. The van der Waals surface area contributed by atoms with E-state index >= 15 is 4.39 Å². The van der Waals surface area contributed by atoms with E-state index in [9.17, 15) is 0 Å². The summed E-state index contributed by atoms with van der Waals surface area (Å²) >= 11 is 0. The van der Waals surface area contributed by atoms with Crippen molar-refractivity contribution in [2.24, 2.45) is 7.05 Å². The highest BCUT2D eigenvalue weighted by atomic mass is 19.1. The molecule has 0 spiro atoms. The molecule has 10 heteroatoms. The van der Waals surface area contributed by atoms with Gasteiger partial charge in [-0.05, 0) is 54.2 Å². The molecule has 2 fully saturated rings. The summed E-state index contributed by atoms with van der Waals surface area (Å²) in [6.07, 6.45) is 11.4. The van der Waals surface area contributed by atoms with Gasteiger partial charge in [-0.3, -0.25) is 9.67 Å². The van der Waals surface area contributed by atoms with Crippen LogP contribution < -0.4 is 15.5 Å². The molecule has 2 aliphatic rings. The monoisotopic (exact) mass is 521 g/mol. The van der Waals surface area contributed by atoms with Gasteiger partial charge >= 0.3 is 0 Å². The maximum Gasteiger partial charge on any atom is 0.162 e. The second-order valence-electron chi connectivity index (χ2n) is 10.2. The summed E-state index contributed by atoms with van der Waals surface area (Å²) in [4.78, 5) is 21.3. The van der Waals surface area contributed by atoms with E-state index < -0.39 is 0 Å². The minimum Gasteiger partial charge on any atom is -0.353 e. The number of piperazine rings is 1. The Hall–Kier alpha value is -4.44. The van der Waals surface area contributed by atoms with E-state index in [0.29, 0.717) is 23.2 Å². The highest BCUT2D eigenvalue weighted by Crippen LogP contribution is 2.45. The van der Waals surface area contributed by atoms with E-state index in [2.05, 4.69) is 30.6 Å². The Morgan fingerprint density at radius 3 is 2.62 bits per heavy atom. The normalized spacial score (nSPS) is 15.6. The zero-order valence-corrected chi connectivity index (χ0v) is 21.6. The third kappa shape index (κ3) is 4.67. The molecule has 5 aromatic rings. The largest absolute Gasteiger partial charge is 0.353 e. The Bertz CT molecular complexity index is 1670. The van der Waals surface area contributed by atoms with Crippen molar-refractivity contribution in [1.82, 2.24) is 35.0 Å². The molecular formula is C29H28FN9. The number of hydrogen-bond acceptors (Lipinski definition) is 8. The lowest BCUT2D eigenvalue weighted by molar-refractivity contribution is 0.586. The van der Waals surface area contributed by atoms with Crippen LogP contribution in [0.2, 0.25) is 0 Å². The van der Waals surface area contributed by atoms with E-state index in [1.165, 1.54) is 24.5 Å². The highest BCUT2D eigenvalue weighted by Gasteiger charge is 2.29. The summed E-state index contributed by atoms with van der Waals surface area (Å²) in [5, 5.41) is 11.8. The van der Waals surface area contributed by atoms with Crippen LogP contribution >= 0.6 is 0 Å². The predicted octanol–water partition coefficient (Wildman–Crippen LogP) is 4.66. The lowest BCUT2D eigenvalue weighted by Crippen LogP contribution is -2.44. The first-order chi connectivity index (χ1) is 19.1. The van der Waals surface area contributed by atoms with Gasteiger partial charge in [-0.15, -0.1) is 0 Å². The quantitative estimate of drug-likeness (QED) is 0.333. The summed E-state index contributed by atoms with van der Waals surface area (Å²) in [5.41, 5.74) is 4.85. The van der Waals surface area contributed by atoms with Gasteiger partial charge in [0.1, 0.15) is 17.5 Å². The molecule has 0 atom stereocenters. The molecule has 0 bridgehead atoms. The molecule has 0 unspecified atom stereocenters. The molecule has 0 radical (unpaired) electrons. The van der Waals surface area contributed by atoms with Crippen LogP contribution in [0.1, 0.15) is 24.3 Å². The zero-order chi connectivity index (χ0) is 26.3. The van der Waals surface area contributed by atoms with E-state index in [1.54, 1.807) is 23.1 Å². The van der Waals surface area contributed by atoms with Crippen molar-refractivity contribution in [1.29, 1.82) is 0 Å². The number of halogens is 1. The van der Waals surface area contributed by atoms with Crippen molar-refractivity contribution >= 4 is 28.2 Å². The van der Waals surface area contributed by atoms with Crippen molar-refractivity contribution in [3.8, 4) is 22.5 Å². The van der Waals surface area contributed by atoms with Crippen LogP contribution in [0.15, 0.2) is 61.3 Å². The average Bonchev–Trinajstić information content (AvgIpc) is 3.73. The van der Waals surface area contributed by atoms with Crippen molar-refractivity contribution in [3.05, 3.63) is 72.7 Å². The van der Waals surface area contributed by atoms with Crippen LogP contribution in [0.5, 0.6) is 0 Å². The minimum absolute atomic E-state index is 0.339. The number of benzene rings is 1. The second-order valence-corrected chi connectivity index (χ2v) is 10.2. The Kier molecular flexibility index (Phi) is 5.89. The smallest absolute Gasteiger partial charge is 0.162 e. The number of aryl methyl sites for hydroxylation is 1. The lowest BCUT2D eigenvalue weighted by Gasteiger charge is -2.30. The van der Waals surface area contributed by atoms with Crippen LogP contribution in [0.4, 0.5) is 21.7 Å². The number of hydrogen-bond donors (Lipinski definition) is 2. The van der Waals surface area contributed by atoms with E-state index in [4.69, 9.17) is 9.97 Å². The maximum atomic E-state index is 15.0. The molecule has 196 valence electrons. The minimum atomic E-state index is -0.370. The SMILES string of the molecule is Cn1cc(-c2ccc(Nc3cc(-c4nc(N5CCNCC5)c5c(C6CC6)cncc5n4)ccn3)c(F)c2)cn1. The number of anilines is 3. The number of rotatable bonds is 6. The number of nitrogens with one attached hydrogen (secondary N) is 2. The molecule has 1 saturated heterocycles. The first-order valence-corrected chi connectivity index (χ1v) is 13.3. The molecular weight excluding hydrogens is 493 g/mol. The number of pyridine rings is 2. The third-order valence-corrected chi connectivity index (χ3v) is 7.34. The first kappa shape index (κ1) is 23.7. The molecule has 0 amide bonds. The molecule has 2 N–H and O–H groups in total.